The highest BCUT2D eigenvalue weighted by molar-refractivity contribution is 6.33. The molecule has 0 aliphatic rings. The molecule has 0 radical (unpaired) electrons. The van der Waals surface area contributed by atoms with E-state index in [1.807, 2.05) is 26.8 Å². The summed E-state index contributed by atoms with van der Waals surface area (Å²) < 4.78 is 2.56. The molecule has 0 aliphatic carbocycles. The van der Waals surface area contributed by atoms with Gasteiger partial charge in [-0.25, -0.2) is 4.79 Å². The fourth-order valence-electron chi connectivity index (χ4n) is 3.18. The number of hydrogen-bond donors (Lipinski definition) is 1. The standard InChI is InChI=1S/C21H22ClN3O3/c1-4-14(3)25-20(27)15-9-5-6-11-17(15)24(21(25)28)12-18(26)23-19-13(2)8-7-10-16(19)22/h5-11,14H,4,12H2,1-3H3,(H,23,26)/t14-/m1/s1. The van der Waals surface area contributed by atoms with Crippen LogP contribution in [0.3, 0.4) is 0 Å². The van der Waals surface area contributed by atoms with Gasteiger partial charge in [-0.1, -0.05) is 42.8 Å². The van der Waals surface area contributed by atoms with E-state index in [2.05, 4.69) is 5.32 Å². The maximum atomic E-state index is 13.0. The van der Waals surface area contributed by atoms with Gasteiger partial charge < -0.3 is 5.32 Å². The number of nitrogens with zero attached hydrogens (tertiary/aromatic N) is 2. The molecule has 0 unspecified atom stereocenters. The Kier molecular flexibility index (Phi) is 5.70. The lowest BCUT2D eigenvalue weighted by Crippen LogP contribution is -2.43. The van der Waals surface area contributed by atoms with Crippen LogP contribution in [-0.4, -0.2) is 15.0 Å². The van der Waals surface area contributed by atoms with Crippen LogP contribution in [0, 0.1) is 6.92 Å². The third kappa shape index (κ3) is 3.60. The third-order valence-corrected chi connectivity index (χ3v) is 5.22. The Hall–Kier alpha value is -2.86. The molecule has 28 heavy (non-hydrogen) atoms. The fraction of sp³-hybridized carbons (Fsp3) is 0.286. The second-order valence-corrected chi connectivity index (χ2v) is 7.21. The number of anilines is 1. The van der Waals surface area contributed by atoms with Gasteiger partial charge in [0.25, 0.3) is 5.56 Å². The number of aryl methyl sites for hydroxylation is 1. The van der Waals surface area contributed by atoms with E-state index in [-0.39, 0.29) is 18.1 Å². The highest BCUT2D eigenvalue weighted by Gasteiger charge is 2.18. The maximum Gasteiger partial charge on any atom is 0.332 e. The maximum absolute atomic E-state index is 13.0. The van der Waals surface area contributed by atoms with Crippen molar-refractivity contribution in [2.45, 2.75) is 39.8 Å². The Morgan fingerprint density at radius 1 is 1.14 bits per heavy atom. The molecule has 0 bridgehead atoms. The highest BCUT2D eigenvalue weighted by atomic mass is 35.5. The molecule has 2 aromatic carbocycles. The lowest BCUT2D eigenvalue weighted by atomic mass is 10.2. The van der Waals surface area contributed by atoms with Crippen LogP contribution in [0.4, 0.5) is 5.69 Å². The number of carbonyl (C=O) groups is 1. The Morgan fingerprint density at radius 2 is 1.86 bits per heavy atom. The molecule has 1 atom stereocenters. The quantitative estimate of drug-likeness (QED) is 0.710. The molecule has 0 aliphatic heterocycles. The summed E-state index contributed by atoms with van der Waals surface area (Å²) in [6, 6.07) is 11.9. The molecule has 1 amide bonds. The molecule has 0 saturated heterocycles. The van der Waals surface area contributed by atoms with Gasteiger partial charge in [-0.05, 0) is 44.0 Å². The first-order valence-electron chi connectivity index (χ1n) is 9.14. The van der Waals surface area contributed by atoms with Crippen molar-refractivity contribution in [2.75, 3.05) is 5.32 Å². The molecular formula is C21H22ClN3O3. The molecule has 1 heterocycles. The van der Waals surface area contributed by atoms with E-state index in [0.29, 0.717) is 28.0 Å². The number of halogens is 1. The molecule has 1 N–H and O–H groups in total. The van der Waals surface area contributed by atoms with Crippen LogP contribution in [0.5, 0.6) is 0 Å². The first-order valence-corrected chi connectivity index (χ1v) is 9.52. The Bertz CT molecular complexity index is 1140. The van der Waals surface area contributed by atoms with Crippen molar-refractivity contribution in [2.24, 2.45) is 0 Å². The van der Waals surface area contributed by atoms with Gasteiger partial charge in [0.15, 0.2) is 0 Å². The minimum Gasteiger partial charge on any atom is -0.323 e. The van der Waals surface area contributed by atoms with Gasteiger partial charge in [0, 0.05) is 6.04 Å². The number of hydrogen-bond acceptors (Lipinski definition) is 3. The third-order valence-electron chi connectivity index (χ3n) is 4.90. The van der Waals surface area contributed by atoms with Crippen LogP contribution in [0.2, 0.25) is 5.02 Å². The fourth-order valence-corrected chi connectivity index (χ4v) is 3.45. The zero-order chi connectivity index (χ0) is 20.4. The average Bonchev–Trinajstić information content (AvgIpc) is 2.68. The summed E-state index contributed by atoms with van der Waals surface area (Å²) in [5, 5.41) is 3.61. The second kappa shape index (κ2) is 8.02. The van der Waals surface area contributed by atoms with E-state index in [4.69, 9.17) is 11.6 Å². The molecule has 3 aromatic rings. The summed E-state index contributed by atoms with van der Waals surface area (Å²) in [5.41, 5.74) is 0.935. The molecule has 1 aromatic heterocycles. The summed E-state index contributed by atoms with van der Waals surface area (Å²) in [6.45, 7) is 5.34. The van der Waals surface area contributed by atoms with E-state index in [9.17, 15) is 14.4 Å². The summed E-state index contributed by atoms with van der Waals surface area (Å²) in [7, 11) is 0. The van der Waals surface area contributed by atoms with Crippen LogP contribution in [-0.2, 0) is 11.3 Å². The van der Waals surface area contributed by atoms with E-state index < -0.39 is 11.6 Å². The van der Waals surface area contributed by atoms with Crippen molar-refractivity contribution in [1.82, 2.24) is 9.13 Å². The smallest absolute Gasteiger partial charge is 0.323 e. The van der Waals surface area contributed by atoms with Gasteiger partial charge in [-0.3, -0.25) is 18.7 Å². The van der Waals surface area contributed by atoms with Gasteiger partial charge >= 0.3 is 5.69 Å². The lowest BCUT2D eigenvalue weighted by Gasteiger charge is -2.18. The van der Waals surface area contributed by atoms with Gasteiger partial charge in [-0.15, -0.1) is 0 Å². The zero-order valence-electron chi connectivity index (χ0n) is 16.0. The second-order valence-electron chi connectivity index (χ2n) is 6.80. The van der Waals surface area contributed by atoms with Crippen molar-refractivity contribution >= 4 is 34.1 Å². The molecule has 3 rings (SSSR count). The number of para-hydroxylation sites is 2. The normalized spacial score (nSPS) is 12.1. The van der Waals surface area contributed by atoms with Gasteiger partial charge in [0.05, 0.1) is 21.6 Å². The molecule has 7 heteroatoms. The monoisotopic (exact) mass is 399 g/mol. The SMILES string of the molecule is CC[C@@H](C)n1c(=O)c2ccccc2n(CC(=O)Nc2c(C)cccc2Cl)c1=O. The van der Waals surface area contributed by atoms with Gasteiger partial charge in [-0.2, -0.15) is 0 Å². The van der Waals surface area contributed by atoms with Crippen LogP contribution in [0.25, 0.3) is 10.9 Å². The van der Waals surface area contributed by atoms with E-state index in [0.717, 1.165) is 5.56 Å². The number of amides is 1. The minimum absolute atomic E-state index is 0.222. The number of fused-ring (bicyclic) bond motifs is 1. The van der Waals surface area contributed by atoms with Crippen LogP contribution >= 0.6 is 11.6 Å². The molecule has 6 nitrogen and oxygen atoms in total. The largest absolute Gasteiger partial charge is 0.332 e. The van der Waals surface area contributed by atoms with Crippen LogP contribution < -0.4 is 16.6 Å². The summed E-state index contributed by atoms with van der Waals surface area (Å²) in [6.07, 6.45) is 0.624. The molecular weight excluding hydrogens is 378 g/mol. The predicted molar refractivity (Wildman–Crippen MR) is 112 cm³/mol. The highest BCUT2D eigenvalue weighted by Crippen LogP contribution is 2.25. The van der Waals surface area contributed by atoms with Gasteiger partial charge in [0.2, 0.25) is 5.91 Å². The summed E-state index contributed by atoms with van der Waals surface area (Å²) in [4.78, 5) is 38.5. The lowest BCUT2D eigenvalue weighted by molar-refractivity contribution is -0.116. The van der Waals surface area contributed by atoms with Crippen LogP contribution in [0.15, 0.2) is 52.1 Å². The topological polar surface area (TPSA) is 73.1 Å². The number of rotatable bonds is 5. The zero-order valence-corrected chi connectivity index (χ0v) is 16.8. The Labute approximate surface area is 167 Å². The minimum atomic E-state index is -0.496. The van der Waals surface area contributed by atoms with E-state index in [1.54, 1.807) is 36.4 Å². The van der Waals surface area contributed by atoms with Crippen molar-refractivity contribution in [3.05, 3.63) is 73.9 Å². The number of benzene rings is 2. The van der Waals surface area contributed by atoms with E-state index >= 15 is 0 Å². The number of aromatic nitrogens is 2. The van der Waals surface area contributed by atoms with Gasteiger partial charge in [0.1, 0.15) is 6.54 Å². The molecule has 0 spiro atoms. The van der Waals surface area contributed by atoms with Crippen molar-refractivity contribution < 1.29 is 4.79 Å². The Balaban J connectivity index is 2.09. The Morgan fingerprint density at radius 3 is 2.54 bits per heavy atom. The molecule has 0 fully saturated rings. The van der Waals surface area contributed by atoms with Crippen molar-refractivity contribution in [3.8, 4) is 0 Å². The molecule has 0 saturated carbocycles. The summed E-state index contributed by atoms with van der Waals surface area (Å²) in [5.74, 6) is -0.391. The first-order chi connectivity index (χ1) is 13.3. The van der Waals surface area contributed by atoms with Crippen molar-refractivity contribution in [3.63, 3.8) is 0 Å². The summed E-state index contributed by atoms with van der Waals surface area (Å²) >= 11 is 6.18. The van der Waals surface area contributed by atoms with Crippen LogP contribution in [0.1, 0.15) is 31.9 Å². The average molecular weight is 400 g/mol. The number of carbonyl (C=O) groups excluding carboxylic acids is 1. The molecule has 146 valence electrons. The first kappa shape index (κ1) is 19.9. The van der Waals surface area contributed by atoms with Crippen molar-refractivity contribution in [1.29, 1.82) is 0 Å². The number of nitrogens with one attached hydrogen (secondary N) is 1. The predicted octanol–water partition coefficient (Wildman–Crippen LogP) is 3.73. The van der Waals surface area contributed by atoms with E-state index in [1.165, 1.54) is 9.13 Å².